The van der Waals surface area contributed by atoms with Crippen molar-refractivity contribution in [2.24, 2.45) is 0 Å². The van der Waals surface area contributed by atoms with Crippen LogP contribution in [0.15, 0.2) is 170 Å². The zero-order valence-electron chi connectivity index (χ0n) is 29.4. The predicted molar refractivity (Wildman–Crippen MR) is 228 cm³/mol. The number of para-hydroxylation sites is 3. The molecular weight excluding hydrogens is 689 g/mol. The Bertz CT molecular complexity index is 3390. The topological polar surface area (TPSA) is 57.4 Å². The average molecular weight is 717 g/mol. The maximum atomic E-state index is 9.76. The van der Waals surface area contributed by atoms with Gasteiger partial charge in [0.25, 0.3) is 0 Å². The number of aromatic nitrogens is 2. The highest BCUT2D eigenvalue weighted by Crippen LogP contribution is 2.45. The van der Waals surface area contributed by atoms with E-state index in [1.807, 2.05) is 29.5 Å². The molecule has 0 spiro atoms. The lowest BCUT2D eigenvalue weighted by molar-refractivity contribution is 1.14. The first-order valence-corrected chi connectivity index (χ1v) is 19.0. The molecule has 0 aliphatic rings. The van der Waals surface area contributed by atoms with Gasteiger partial charge < -0.3 is 9.13 Å². The van der Waals surface area contributed by atoms with E-state index in [0.29, 0.717) is 11.1 Å². The van der Waals surface area contributed by atoms with Crippen molar-refractivity contribution in [3.8, 4) is 45.8 Å². The zero-order valence-corrected chi connectivity index (χ0v) is 30.2. The fourth-order valence-corrected chi connectivity index (χ4v) is 9.83. The molecule has 0 saturated carbocycles. The number of hydrogen-bond acceptors (Lipinski definition) is 3. The Labute approximate surface area is 320 Å². The average Bonchev–Trinajstić information content (AvgIpc) is 3.91. The molecule has 254 valence electrons. The number of nitriles is 2. The Morgan fingerprint density at radius 3 is 1.75 bits per heavy atom. The van der Waals surface area contributed by atoms with Crippen LogP contribution in [0.25, 0.3) is 97.4 Å². The van der Waals surface area contributed by atoms with Crippen molar-refractivity contribution >= 4 is 75.1 Å². The predicted octanol–water partition coefficient (Wildman–Crippen LogP) is 13.3. The van der Waals surface area contributed by atoms with Crippen molar-refractivity contribution in [2.45, 2.75) is 0 Å². The van der Waals surface area contributed by atoms with Gasteiger partial charge in [-0.2, -0.15) is 10.5 Å². The van der Waals surface area contributed by atoms with Crippen molar-refractivity contribution in [2.75, 3.05) is 0 Å². The molecule has 0 bridgehead atoms. The minimum absolute atomic E-state index is 0.466. The second-order valence-corrected chi connectivity index (χ2v) is 15.0. The summed E-state index contributed by atoms with van der Waals surface area (Å²) in [5, 5.41) is 27.0. The monoisotopic (exact) mass is 716 g/mol. The highest BCUT2D eigenvalue weighted by molar-refractivity contribution is 7.26. The number of hydrogen-bond donors (Lipinski definition) is 0. The number of nitrogens with zero attached hydrogens (tertiary/aromatic N) is 4. The van der Waals surface area contributed by atoms with Gasteiger partial charge in [-0.3, -0.25) is 0 Å². The van der Waals surface area contributed by atoms with E-state index in [1.165, 1.54) is 41.7 Å². The zero-order chi connectivity index (χ0) is 36.6. The second-order valence-electron chi connectivity index (χ2n) is 14.0. The summed E-state index contributed by atoms with van der Waals surface area (Å²) in [6.07, 6.45) is 0. The molecule has 0 atom stereocenters. The number of rotatable bonds is 4. The SMILES string of the molecule is N#Cc1cc(C#N)cc(-c2cccc(-c3ccc(-n4c5ccccc5c5ccccc54)cc3-n3c4ccccc4c4c5sc6ccccc6c5ccc43)c2)c1. The van der Waals surface area contributed by atoms with E-state index in [9.17, 15) is 10.5 Å². The first-order chi connectivity index (χ1) is 27.2. The van der Waals surface area contributed by atoms with Crippen LogP contribution in [0.4, 0.5) is 0 Å². The Kier molecular flexibility index (Phi) is 6.82. The Morgan fingerprint density at radius 2 is 1.04 bits per heavy atom. The minimum Gasteiger partial charge on any atom is -0.309 e. The van der Waals surface area contributed by atoms with Gasteiger partial charge in [-0.15, -0.1) is 11.3 Å². The molecule has 5 heteroatoms. The van der Waals surface area contributed by atoms with Gasteiger partial charge in [-0.05, 0) is 83.4 Å². The van der Waals surface area contributed by atoms with Crippen molar-refractivity contribution in [3.63, 3.8) is 0 Å². The quantitative estimate of drug-likeness (QED) is 0.182. The van der Waals surface area contributed by atoms with Crippen LogP contribution in [0.3, 0.4) is 0 Å². The number of fused-ring (bicyclic) bond motifs is 10. The molecule has 3 aromatic heterocycles. The lowest BCUT2D eigenvalue weighted by Crippen LogP contribution is -2.01. The van der Waals surface area contributed by atoms with Crippen LogP contribution in [0.1, 0.15) is 11.1 Å². The molecule has 0 aliphatic carbocycles. The molecule has 0 radical (unpaired) electrons. The van der Waals surface area contributed by atoms with Crippen LogP contribution in [0, 0.1) is 22.7 Å². The van der Waals surface area contributed by atoms with E-state index in [2.05, 4.69) is 167 Å². The molecule has 3 heterocycles. The molecule has 11 aromatic rings. The van der Waals surface area contributed by atoms with Gasteiger partial charge in [-0.1, -0.05) is 103 Å². The molecule has 11 rings (SSSR count). The highest BCUT2D eigenvalue weighted by Gasteiger charge is 2.21. The molecule has 0 N–H and O–H groups in total. The summed E-state index contributed by atoms with van der Waals surface area (Å²) in [5.74, 6) is 0. The molecule has 8 aromatic carbocycles. The van der Waals surface area contributed by atoms with Crippen LogP contribution in [-0.4, -0.2) is 9.13 Å². The van der Waals surface area contributed by atoms with Crippen LogP contribution in [0.5, 0.6) is 0 Å². The van der Waals surface area contributed by atoms with E-state index in [-0.39, 0.29) is 0 Å². The fraction of sp³-hybridized carbons (Fsp3) is 0. The maximum Gasteiger partial charge on any atom is 0.0992 e. The highest BCUT2D eigenvalue weighted by atomic mass is 32.1. The van der Waals surface area contributed by atoms with Crippen LogP contribution in [0.2, 0.25) is 0 Å². The normalized spacial score (nSPS) is 11.6. The van der Waals surface area contributed by atoms with E-state index >= 15 is 0 Å². The van der Waals surface area contributed by atoms with Crippen LogP contribution in [-0.2, 0) is 0 Å². The van der Waals surface area contributed by atoms with Crippen LogP contribution < -0.4 is 0 Å². The van der Waals surface area contributed by atoms with E-state index in [0.717, 1.165) is 55.7 Å². The van der Waals surface area contributed by atoms with Gasteiger partial charge in [0.2, 0.25) is 0 Å². The summed E-state index contributed by atoms with van der Waals surface area (Å²) in [5.41, 5.74) is 11.6. The third-order valence-electron chi connectivity index (χ3n) is 10.9. The molecule has 0 fully saturated rings. The first kappa shape index (κ1) is 31.1. The fourth-order valence-electron chi connectivity index (χ4n) is 8.57. The number of benzene rings is 8. The Hall–Kier alpha value is -7.44. The van der Waals surface area contributed by atoms with Gasteiger partial charge in [-0.25, -0.2) is 0 Å². The van der Waals surface area contributed by atoms with Crippen LogP contribution >= 0.6 is 11.3 Å². The van der Waals surface area contributed by atoms with Crippen molar-refractivity contribution in [1.29, 1.82) is 10.5 Å². The molecule has 0 unspecified atom stereocenters. The van der Waals surface area contributed by atoms with Gasteiger partial charge in [0, 0.05) is 53.0 Å². The van der Waals surface area contributed by atoms with Crippen molar-refractivity contribution in [3.05, 3.63) is 181 Å². The Morgan fingerprint density at radius 1 is 0.418 bits per heavy atom. The standard InChI is InChI=1S/C50H28N4S/c51-29-31-24-32(30-52)26-35(25-31)33-10-9-11-34(27-33)37-21-20-36(53-43-16-5-1-12-38(43)39-13-2-6-17-44(39)53)28-47(37)54-45-18-7-3-15-42(45)49-46(54)23-22-41-40-14-4-8-19-48(40)55-50(41)49/h1-28H. The lowest BCUT2D eigenvalue weighted by atomic mass is 9.95. The lowest BCUT2D eigenvalue weighted by Gasteiger charge is -2.18. The van der Waals surface area contributed by atoms with E-state index in [1.54, 1.807) is 6.07 Å². The molecule has 0 amide bonds. The van der Waals surface area contributed by atoms with Crippen molar-refractivity contribution in [1.82, 2.24) is 9.13 Å². The summed E-state index contributed by atoms with van der Waals surface area (Å²) in [6, 6.07) is 64.4. The van der Waals surface area contributed by atoms with Gasteiger partial charge in [0.1, 0.15) is 0 Å². The summed E-state index contributed by atoms with van der Waals surface area (Å²) >= 11 is 1.86. The molecule has 0 aliphatic heterocycles. The maximum absolute atomic E-state index is 9.76. The van der Waals surface area contributed by atoms with Gasteiger partial charge in [0.05, 0.1) is 51.0 Å². The third-order valence-corrected chi connectivity index (χ3v) is 12.1. The third kappa shape index (κ3) is 4.68. The molecule has 4 nitrogen and oxygen atoms in total. The summed E-state index contributed by atoms with van der Waals surface area (Å²) < 4.78 is 7.40. The van der Waals surface area contributed by atoms with E-state index < -0.39 is 0 Å². The van der Waals surface area contributed by atoms with Crippen molar-refractivity contribution < 1.29 is 0 Å². The first-order valence-electron chi connectivity index (χ1n) is 18.2. The second kappa shape index (κ2) is 12.0. The summed E-state index contributed by atoms with van der Waals surface area (Å²) in [6.45, 7) is 0. The van der Waals surface area contributed by atoms with E-state index in [4.69, 9.17) is 0 Å². The largest absolute Gasteiger partial charge is 0.309 e. The van der Waals surface area contributed by atoms with Gasteiger partial charge in [0.15, 0.2) is 0 Å². The summed E-state index contributed by atoms with van der Waals surface area (Å²) in [4.78, 5) is 0. The summed E-state index contributed by atoms with van der Waals surface area (Å²) in [7, 11) is 0. The molecule has 0 saturated heterocycles. The Balaban J connectivity index is 1.24. The molecular formula is C50H28N4S. The molecule has 55 heavy (non-hydrogen) atoms. The minimum atomic E-state index is 0.466. The smallest absolute Gasteiger partial charge is 0.0992 e. The number of thiophene rings is 1. The van der Waals surface area contributed by atoms with Gasteiger partial charge >= 0.3 is 0 Å².